The van der Waals surface area contributed by atoms with Crippen LogP contribution in [0.3, 0.4) is 0 Å². The molecule has 1 amide bonds. The van der Waals surface area contributed by atoms with Gasteiger partial charge in [0.15, 0.2) is 0 Å². The highest BCUT2D eigenvalue weighted by Gasteiger charge is 2.39. The van der Waals surface area contributed by atoms with Gasteiger partial charge in [0.05, 0.1) is 0 Å². The molecule has 4 heteroatoms. The maximum Gasteiger partial charge on any atom is 0.228 e. The van der Waals surface area contributed by atoms with Crippen LogP contribution in [0.15, 0.2) is 0 Å². The lowest BCUT2D eigenvalue weighted by atomic mass is 9.79. The highest BCUT2D eigenvalue weighted by Crippen LogP contribution is 2.32. The van der Waals surface area contributed by atoms with Gasteiger partial charge in [0.1, 0.15) is 0 Å². The molecule has 0 aromatic heterocycles. The quantitative estimate of drug-likeness (QED) is 0.784. The Bertz CT molecular complexity index is 313. The smallest absolute Gasteiger partial charge is 0.228 e. The highest BCUT2D eigenvalue weighted by atomic mass is 16.2. The number of rotatable bonds is 2. The Hall–Kier alpha value is -0.610. The van der Waals surface area contributed by atoms with Crippen molar-refractivity contribution in [2.75, 3.05) is 39.3 Å². The van der Waals surface area contributed by atoms with E-state index in [4.69, 9.17) is 0 Å². The van der Waals surface area contributed by atoms with Crippen LogP contribution in [0.4, 0.5) is 0 Å². The summed E-state index contributed by atoms with van der Waals surface area (Å²) in [6.07, 6.45) is 4.73. The molecule has 3 aliphatic rings. The minimum atomic E-state index is -0.104. The summed E-state index contributed by atoms with van der Waals surface area (Å²) in [6.45, 7) is 8.20. The van der Waals surface area contributed by atoms with Gasteiger partial charge in [-0.1, -0.05) is 6.92 Å². The van der Waals surface area contributed by atoms with Crippen LogP contribution in [0.2, 0.25) is 0 Å². The van der Waals surface area contributed by atoms with Crippen LogP contribution in [0.25, 0.3) is 0 Å². The Kier molecular flexibility index (Phi) is 3.32. The predicted molar refractivity (Wildman–Crippen MR) is 71.4 cm³/mol. The Morgan fingerprint density at radius 2 is 1.72 bits per heavy atom. The Morgan fingerprint density at radius 3 is 2.28 bits per heavy atom. The molecule has 0 spiro atoms. The lowest BCUT2D eigenvalue weighted by molar-refractivity contribution is -0.144. The summed E-state index contributed by atoms with van der Waals surface area (Å²) in [5.41, 5.74) is -0.104. The Morgan fingerprint density at radius 1 is 1.11 bits per heavy atom. The molecular weight excluding hydrogens is 226 g/mol. The van der Waals surface area contributed by atoms with Crippen molar-refractivity contribution in [1.29, 1.82) is 0 Å². The average Bonchev–Trinajstić information content (AvgIpc) is 3.23. The molecule has 2 aliphatic heterocycles. The molecule has 1 N–H and O–H groups in total. The first-order chi connectivity index (χ1) is 8.69. The van der Waals surface area contributed by atoms with Crippen molar-refractivity contribution in [3.63, 3.8) is 0 Å². The molecule has 0 aromatic carbocycles. The molecule has 0 aromatic rings. The van der Waals surface area contributed by atoms with E-state index in [1.54, 1.807) is 0 Å². The summed E-state index contributed by atoms with van der Waals surface area (Å²) in [6, 6.07) is 0.844. The number of amides is 1. The van der Waals surface area contributed by atoms with Gasteiger partial charge in [-0.25, -0.2) is 0 Å². The zero-order chi connectivity index (χ0) is 12.6. The van der Waals surface area contributed by atoms with Gasteiger partial charge in [-0.05, 0) is 38.8 Å². The van der Waals surface area contributed by atoms with Crippen LogP contribution in [0, 0.1) is 5.41 Å². The summed E-state index contributed by atoms with van der Waals surface area (Å²) >= 11 is 0. The van der Waals surface area contributed by atoms with Crippen LogP contribution in [0.1, 0.15) is 32.6 Å². The third kappa shape index (κ3) is 2.41. The van der Waals surface area contributed by atoms with Gasteiger partial charge in [0, 0.05) is 37.6 Å². The zero-order valence-corrected chi connectivity index (χ0v) is 11.5. The molecule has 2 heterocycles. The van der Waals surface area contributed by atoms with E-state index in [1.165, 1.54) is 12.8 Å². The molecule has 0 atom stereocenters. The van der Waals surface area contributed by atoms with Crippen LogP contribution in [-0.2, 0) is 4.79 Å². The van der Waals surface area contributed by atoms with Gasteiger partial charge in [-0.15, -0.1) is 0 Å². The van der Waals surface area contributed by atoms with Gasteiger partial charge < -0.3 is 10.2 Å². The van der Waals surface area contributed by atoms with Gasteiger partial charge in [0.2, 0.25) is 5.91 Å². The minimum Gasteiger partial charge on any atom is -0.340 e. The summed E-state index contributed by atoms with van der Waals surface area (Å²) < 4.78 is 0. The second-order valence-corrected chi connectivity index (χ2v) is 6.37. The summed E-state index contributed by atoms with van der Waals surface area (Å²) in [4.78, 5) is 17.3. The minimum absolute atomic E-state index is 0.104. The largest absolute Gasteiger partial charge is 0.340 e. The molecule has 102 valence electrons. The fraction of sp³-hybridized carbons (Fsp3) is 0.929. The number of piperidine rings is 1. The molecule has 1 aliphatic carbocycles. The lowest BCUT2D eigenvalue weighted by Crippen LogP contribution is -2.54. The molecule has 3 rings (SSSR count). The molecule has 3 fully saturated rings. The summed E-state index contributed by atoms with van der Waals surface area (Å²) in [7, 11) is 0. The molecule has 1 saturated carbocycles. The second kappa shape index (κ2) is 4.82. The van der Waals surface area contributed by atoms with Crippen LogP contribution >= 0.6 is 0 Å². The molecule has 0 radical (unpaired) electrons. The van der Waals surface area contributed by atoms with E-state index in [1.807, 2.05) is 0 Å². The van der Waals surface area contributed by atoms with Gasteiger partial charge in [0.25, 0.3) is 0 Å². The van der Waals surface area contributed by atoms with E-state index in [0.717, 1.165) is 58.2 Å². The van der Waals surface area contributed by atoms with E-state index in [2.05, 4.69) is 22.0 Å². The average molecular weight is 251 g/mol. The van der Waals surface area contributed by atoms with Crippen molar-refractivity contribution in [3.05, 3.63) is 0 Å². The van der Waals surface area contributed by atoms with Crippen LogP contribution < -0.4 is 5.32 Å². The fourth-order valence-corrected chi connectivity index (χ4v) is 3.30. The summed E-state index contributed by atoms with van der Waals surface area (Å²) in [5, 5.41) is 3.35. The third-order valence-corrected chi connectivity index (χ3v) is 4.89. The van der Waals surface area contributed by atoms with E-state index in [9.17, 15) is 4.79 Å². The predicted octanol–water partition coefficient (Wildman–Crippen LogP) is 0.683. The first kappa shape index (κ1) is 12.4. The van der Waals surface area contributed by atoms with E-state index in [0.29, 0.717) is 5.91 Å². The zero-order valence-electron chi connectivity index (χ0n) is 11.5. The Balaban J connectivity index is 1.56. The maximum absolute atomic E-state index is 12.6. The number of nitrogens with zero attached hydrogens (tertiary/aromatic N) is 2. The number of nitrogens with one attached hydrogen (secondary N) is 1. The van der Waals surface area contributed by atoms with Gasteiger partial charge in [-0.3, -0.25) is 9.69 Å². The molecular formula is C14H25N3O. The summed E-state index contributed by atoms with van der Waals surface area (Å²) in [5.74, 6) is 0.402. The fourth-order valence-electron chi connectivity index (χ4n) is 3.30. The van der Waals surface area contributed by atoms with Gasteiger partial charge in [-0.2, -0.15) is 0 Å². The number of carbonyl (C=O) groups excluding carboxylic acids is 1. The van der Waals surface area contributed by atoms with Gasteiger partial charge >= 0.3 is 0 Å². The molecule has 0 bridgehead atoms. The van der Waals surface area contributed by atoms with Crippen molar-refractivity contribution < 1.29 is 4.79 Å². The molecule has 18 heavy (non-hydrogen) atoms. The van der Waals surface area contributed by atoms with Crippen molar-refractivity contribution >= 4 is 5.91 Å². The maximum atomic E-state index is 12.6. The standard InChI is InChI=1S/C14H25N3O/c1-14(4-6-15-7-5-14)13(18)17-10-8-16(9-11-17)12-2-3-12/h12,15H,2-11H2,1H3. The number of carbonyl (C=O) groups is 1. The lowest BCUT2D eigenvalue weighted by Gasteiger charge is -2.41. The number of hydrogen-bond acceptors (Lipinski definition) is 3. The molecule has 0 unspecified atom stereocenters. The Labute approximate surface area is 110 Å². The second-order valence-electron chi connectivity index (χ2n) is 6.37. The van der Waals surface area contributed by atoms with E-state index >= 15 is 0 Å². The van der Waals surface area contributed by atoms with Crippen molar-refractivity contribution in [2.45, 2.75) is 38.6 Å². The molecule has 2 saturated heterocycles. The van der Waals surface area contributed by atoms with Crippen molar-refractivity contribution in [3.8, 4) is 0 Å². The molecule has 4 nitrogen and oxygen atoms in total. The van der Waals surface area contributed by atoms with Crippen molar-refractivity contribution in [1.82, 2.24) is 15.1 Å². The van der Waals surface area contributed by atoms with Crippen LogP contribution in [-0.4, -0.2) is 61.0 Å². The third-order valence-electron chi connectivity index (χ3n) is 4.89. The highest BCUT2D eigenvalue weighted by molar-refractivity contribution is 5.82. The van der Waals surface area contributed by atoms with Crippen molar-refractivity contribution in [2.24, 2.45) is 5.41 Å². The monoisotopic (exact) mass is 251 g/mol. The first-order valence-electron chi connectivity index (χ1n) is 7.43. The number of piperazine rings is 1. The van der Waals surface area contributed by atoms with E-state index in [-0.39, 0.29) is 5.41 Å². The first-order valence-corrected chi connectivity index (χ1v) is 7.43. The topological polar surface area (TPSA) is 35.6 Å². The van der Waals surface area contributed by atoms with E-state index < -0.39 is 0 Å². The SMILES string of the molecule is CC1(C(=O)N2CCN(C3CC3)CC2)CCNCC1. The normalized spacial score (nSPS) is 29.3. The number of hydrogen-bond donors (Lipinski definition) is 1. The van der Waals surface area contributed by atoms with Crippen LogP contribution in [0.5, 0.6) is 0 Å².